The van der Waals surface area contributed by atoms with Crippen molar-refractivity contribution >= 4 is 11.8 Å². The molecule has 7 heteroatoms. The summed E-state index contributed by atoms with van der Waals surface area (Å²) in [5, 5.41) is 0. The molecule has 0 radical (unpaired) electrons. The molecule has 1 heterocycles. The zero-order chi connectivity index (χ0) is 15.6. The minimum Gasteiger partial charge on any atom is -0.339 e. The van der Waals surface area contributed by atoms with Crippen molar-refractivity contribution in [2.75, 3.05) is 26.2 Å². The number of piperazine rings is 1. The first kappa shape index (κ1) is 15.3. The Bertz CT molecular complexity index is 555. The van der Waals surface area contributed by atoms with Crippen LogP contribution in [-0.2, 0) is 15.5 Å². The van der Waals surface area contributed by atoms with Gasteiger partial charge in [-0.05, 0) is 12.1 Å². The van der Waals surface area contributed by atoms with Crippen molar-refractivity contribution in [2.24, 2.45) is 0 Å². The van der Waals surface area contributed by atoms with E-state index >= 15 is 0 Å². The summed E-state index contributed by atoms with van der Waals surface area (Å²) in [4.78, 5) is 25.6. The van der Waals surface area contributed by atoms with Gasteiger partial charge < -0.3 is 9.80 Å². The Hall–Kier alpha value is -2.05. The Labute approximate surface area is 120 Å². The lowest BCUT2D eigenvalue weighted by Crippen LogP contribution is -2.53. The monoisotopic (exact) mass is 300 g/mol. The third-order valence-corrected chi connectivity index (χ3v) is 3.49. The second-order valence-electron chi connectivity index (χ2n) is 4.85. The minimum absolute atomic E-state index is 0.0163. The summed E-state index contributed by atoms with van der Waals surface area (Å²) in [5.41, 5.74) is -0.927. The van der Waals surface area contributed by atoms with Crippen LogP contribution in [0.5, 0.6) is 0 Å². The molecule has 114 valence electrons. The Morgan fingerprint density at radius 2 is 1.57 bits per heavy atom. The van der Waals surface area contributed by atoms with Gasteiger partial charge in [-0.3, -0.25) is 9.59 Å². The van der Waals surface area contributed by atoms with Crippen LogP contribution in [0.25, 0.3) is 0 Å². The summed E-state index contributed by atoms with van der Waals surface area (Å²) in [5.74, 6) is -6.62. The molecule has 2 rings (SSSR count). The highest BCUT2D eigenvalue weighted by Crippen LogP contribution is 2.32. The molecule has 0 bridgehead atoms. The van der Waals surface area contributed by atoms with Gasteiger partial charge in [-0.2, -0.15) is 8.78 Å². The van der Waals surface area contributed by atoms with Gasteiger partial charge in [-0.1, -0.05) is 12.1 Å². The van der Waals surface area contributed by atoms with E-state index in [1.54, 1.807) is 0 Å². The molecule has 0 atom stereocenters. The molecule has 4 nitrogen and oxygen atoms in total. The van der Waals surface area contributed by atoms with Gasteiger partial charge >= 0.3 is 5.92 Å². The van der Waals surface area contributed by atoms with Crippen LogP contribution in [0, 0.1) is 5.82 Å². The van der Waals surface area contributed by atoms with Crippen molar-refractivity contribution < 1.29 is 22.8 Å². The maximum Gasteiger partial charge on any atom is 0.352 e. The average Bonchev–Trinajstić information content (AvgIpc) is 2.46. The van der Waals surface area contributed by atoms with Gasteiger partial charge in [0.1, 0.15) is 5.82 Å². The molecular weight excluding hydrogens is 285 g/mol. The normalized spacial score (nSPS) is 16.0. The van der Waals surface area contributed by atoms with Crippen molar-refractivity contribution in [3.8, 4) is 0 Å². The van der Waals surface area contributed by atoms with E-state index < -0.39 is 23.2 Å². The molecule has 2 amide bonds. The predicted molar refractivity (Wildman–Crippen MR) is 69.1 cm³/mol. The highest BCUT2D eigenvalue weighted by molar-refractivity contribution is 5.85. The summed E-state index contributed by atoms with van der Waals surface area (Å²) in [6, 6.07) is 4.33. The molecule has 1 aromatic rings. The van der Waals surface area contributed by atoms with Crippen LogP contribution in [0.1, 0.15) is 12.5 Å². The van der Waals surface area contributed by atoms with Gasteiger partial charge in [0.15, 0.2) is 0 Å². The highest BCUT2D eigenvalue weighted by atomic mass is 19.3. The number of carbonyl (C=O) groups excluding carboxylic acids is 2. The van der Waals surface area contributed by atoms with Gasteiger partial charge in [-0.15, -0.1) is 0 Å². The molecule has 1 fully saturated rings. The van der Waals surface area contributed by atoms with Gasteiger partial charge in [0.2, 0.25) is 5.91 Å². The smallest absolute Gasteiger partial charge is 0.339 e. The number of amides is 2. The summed E-state index contributed by atoms with van der Waals surface area (Å²) < 4.78 is 41.8. The molecular formula is C14H15F3N2O2. The molecule has 1 aliphatic rings. The summed E-state index contributed by atoms with van der Waals surface area (Å²) in [7, 11) is 0. The number of hydrogen-bond donors (Lipinski definition) is 0. The first-order valence-corrected chi connectivity index (χ1v) is 6.51. The second kappa shape index (κ2) is 5.75. The lowest BCUT2D eigenvalue weighted by molar-refractivity contribution is -0.162. The van der Waals surface area contributed by atoms with E-state index in [-0.39, 0.29) is 32.1 Å². The fraction of sp³-hybridized carbons (Fsp3) is 0.429. The third-order valence-electron chi connectivity index (χ3n) is 3.49. The van der Waals surface area contributed by atoms with Gasteiger partial charge in [0.25, 0.3) is 5.91 Å². The molecule has 0 saturated carbocycles. The fourth-order valence-corrected chi connectivity index (χ4v) is 2.25. The summed E-state index contributed by atoms with van der Waals surface area (Å²) in [6.07, 6.45) is 0. The van der Waals surface area contributed by atoms with Crippen LogP contribution in [0.2, 0.25) is 0 Å². The SMILES string of the molecule is CC(=O)N1CCN(C(=O)C(F)(F)c2ccccc2F)CC1. The van der Waals surface area contributed by atoms with Crippen molar-refractivity contribution in [3.63, 3.8) is 0 Å². The Kier molecular flexibility index (Phi) is 4.20. The van der Waals surface area contributed by atoms with E-state index in [4.69, 9.17) is 0 Å². The standard InChI is InChI=1S/C14H15F3N2O2/c1-10(20)18-6-8-19(9-7-18)13(21)14(16,17)11-4-2-3-5-12(11)15/h2-5H,6-9H2,1H3. The Morgan fingerprint density at radius 3 is 2.10 bits per heavy atom. The van der Waals surface area contributed by atoms with E-state index in [9.17, 15) is 22.8 Å². The fourth-order valence-electron chi connectivity index (χ4n) is 2.25. The number of nitrogens with zero attached hydrogens (tertiary/aromatic N) is 2. The molecule has 0 unspecified atom stereocenters. The van der Waals surface area contributed by atoms with Crippen LogP contribution in [0.15, 0.2) is 24.3 Å². The molecule has 1 aromatic carbocycles. The number of carbonyl (C=O) groups is 2. The van der Waals surface area contributed by atoms with Crippen LogP contribution in [0.4, 0.5) is 13.2 Å². The van der Waals surface area contributed by atoms with E-state index in [0.717, 1.165) is 17.0 Å². The number of halogens is 3. The molecule has 0 spiro atoms. The topological polar surface area (TPSA) is 40.6 Å². The summed E-state index contributed by atoms with van der Waals surface area (Å²) in [6.45, 7) is 1.82. The van der Waals surface area contributed by atoms with E-state index in [1.165, 1.54) is 24.0 Å². The molecule has 0 N–H and O–H groups in total. The molecule has 21 heavy (non-hydrogen) atoms. The van der Waals surface area contributed by atoms with Crippen molar-refractivity contribution in [1.29, 1.82) is 0 Å². The number of alkyl halides is 2. The lowest BCUT2D eigenvalue weighted by Gasteiger charge is -2.35. The number of rotatable bonds is 2. The number of hydrogen-bond acceptors (Lipinski definition) is 2. The van der Waals surface area contributed by atoms with E-state index in [2.05, 4.69) is 0 Å². The first-order chi connectivity index (χ1) is 9.84. The largest absolute Gasteiger partial charge is 0.352 e. The molecule has 1 saturated heterocycles. The Morgan fingerprint density at radius 1 is 1.05 bits per heavy atom. The van der Waals surface area contributed by atoms with Gasteiger partial charge in [0.05, 0.1) is 5.56 Å². The van der Waals surface area contributed by atoms with Gasteiger partial charge in [0, 0.05) is 33.1 Å². The van der Waals surface area contributed by atoms with Crippen LogP contribution in [-0.4, -0.2) is 47.8 Å². The zero-order valence-corrected chi connectivity index (χ0v) is 11.5. The summed E-state index contributed by atoms with van der Waals surface area (Å²) >= 11 is 0. The van der Waals surface area contributed by atoms with Crippen LogP contribution >= 0.6 is 0 Å². The van der Waals surface area contributed by atoms with Crippen LogP contribution in [0.3, 0.4) is 0 Å². The number of benzene rings is 1. The van der Waals surface area contributed by atoms with Gasteiger partial charge in [-0.25, -0.2) is 4.39 Å². The molecule has 0 aromatic heterocycles. The molecule has 1 aliphatic heterocycles. The van der Waals surface area contributed by atoms with E-state index in [1.807, 2.05) is 0 Å². The zero-order valence-electron chi connectivity index (χ0n) is 11.5. The quantitative estimate of drug-likeness (QED) is 0.832. The highest BCUT2D eigenvalue weighted by Gasteiger charge is 2.46. The first-order valence-electron chi connectivity index (χ1n) is 6.51. The predicted octanol–water partition coefficient (Wildman–Crippen LogP) is 1.61. The lowest BCUT2D eigenvalue weighted by atomic mass is 10.1. The molecule has 0 aliphatic carbocycles. The minimum atomic E-state index is -3.91. The second-order valence-corrected chi connectivity index (χ2v) is 4.85. The Balaban J connectivity index is 2.13. The average molecular weight is 300 g/mol. The van der Waals surface area contributed by atoms with Crippen LogP contribution < -0.4 is 0 Å². The van der Waals surface area contributed by atoms with E-state index in [0.29, 0.717) is 0 Å². The maximum absolute atomic E-state index is 14.1. The van der Waals surface area contributed by atoms with Crippen molar-refractivity contribution in [3.05, 3.63) is 35.6 Å². The van der Waals surface area contributed by atoms with Crippen molar-refractivity contribution in [1.82, 2.24) is 9.80 Å². The maximum atomic E-state index is 14.1. The van der Waals surface area contributed by atoms with Crippen molar-refractivity contribution in [2.45, 2.75) is 12.8 Å². The third kappa shape index (κ3) is 3.01.